The van der Waals surface area contributed by atoms with Crippen molar-refractivity contribution in [2.75, 3.05) is 11.9 Å². The van der Waals surface area contributed by atoms with Crippen molar-refractivity contribution in [1.82, 2.24) is 5.32 Å². The zero-order chi connectivity index (χ0) is 14.4. The van der Waals surface area contributed by atoms with E-state index in [9.17, 15) is 14.9 Å². The summed E-state index contributed by atoms with van der Waals surface area (Å²) in [5.41, 5.74) is 0.368. The summed E-state index contributed by atoms with van der Waals surface area (Å²) in [4.78, 5) is 21.4. The summed E-state index contributed by atoms with van der Waals surface area (Å²) < 4.78 is 0. The van der Waals surface area contributed by atoms with E-state index in [0.29, 0.717) is 5.69 Å². The van der Waals surface area contributed by atoms with Gasteiger partial charge in [-0.15, -0.1) is 0 Å². The number of amides is 1. The van der Waals surface area contributed by atoms with E-state index in [1.54, 1.807) is 0 Å². The fraction of sp³-hybridized carbons (Fsp3) is 0.333. The van der Waals surface area contributed by atoms with Gasteiger partial charge in [-0.3, -0.25) is 14.9 Å². The Morgan fingerprint density at radius 1 is 1.53 bits per heavy atom. The Kier molecular flexibility index (Phi) is 4.83. The predicted octanol–water partition coefficient (Wildman–Crippen LogP) is 1.40. The molecule has 0 atom stereocenters. The van der Waals surface area contributed by atoms with E-state index >= 15 is 0 Å². The van der Waals surface area contributed by atoms with Gasteiger partial charge in [0.2, 0.25) is 5.91 Å². The van der Waals surface area contributed by atoms with E-state index in [2.05, 4.69) is 10.6 Å². The van der Waals surface area contributed by atoms with Crippen molar-refractivity contribution in [3.05, 3.63) is 33.9 Å². The summed E-state index contributed by atoms with van der Waals surface area (Å²) in [5.74, 6) is -0.211. The van der Waals surface area contributed by atoms with Crippen LogP contribution in [0.5, 0.6) is 0 Å². The van der Waals surface area contributed by atoms with Crippen LogP contribution >= 0.6 is 0 Å². The average molecular weight is 262 g/mol. The number of rotatable bonds is 5. The number of benzene rings is 1. The van der Waals surface area contributed by atoms with Gasteiger partial charge in [-0.25, -0.2) is 0 Å². The number of carbonyl (C=O) groups is 1. The van der Waals surface area contributed by atoms with Gasteiger partial charge >= 0.3 is 0 Å². The van der Waals surface area contributed by atoms with E-state index in [4.69, 9.17) is 5.26 Å². The highest BCUT2D eigenvalue weighted by Crippen LogP contribution is 2.21. The number of hydrogen-bond donors (Lipinski definition) is 2. The average Bonchev–Trinajstić information content (AvgIpc) is 2.35. The van der Waals surface area contributed by atoms with Crippen molar-refractivity contribution in [3.63, 3.8) is 0 Å². The lowest BCUT2D eigenvalue weighted by Crippen LogP contribution is -2.34. The molecule has 0 radical (unpaired) electrons. The van der Waals surface area contributed by atoms with Crippen molar-refractivity contribution in [2.24, 2.45) is 0 Å². The SMILES string of the molecule is CC(C)NC(=O)CNc1ccc([N+](=O)[O-])cc1C#N. The molecule has 2 N–H and O–H groups in total. The molecule has 100 valence electrons. The fourth-order valence-electron chi connectivity index (χ4n) is 1.44. The maximum absolute atomic E-state index is 11.4. The third kappa shape index (κ3) is 4.27. The van der Waals surface area contributed by atoms with Crippen LogP contribution in [0.1, 0.15) is 19.4 Å². The number of nitro benzene ring substituents is 1. The summed E-state index contributed by atoms with van der Waals surface area (Å²) in [6.07, 6.45) is 0. The number of nitrogens with zero attached hydrogens (tertiary/aromatic N) is 2. The zero-order valence-electron chi connectivity index (χ0n) is 10.6. The summed E-state index contributed by atoms with van der Waals surface area (Å²) >= 11 is 0. The second kappa shape index (κ2) is 6.35. The molecule has 7 heteroatoms. The molecule has 0 aromatic heterocycles. The fourth-order valence-corrected chi connectivity index (χ4v) is 1.44. The largest absolute Gasteiger partial charge is 0.375 e. The van der Waals surface area contributed by atoms with E-state index in [0.717, 1.165) is 0 Å². The molecule has 19 heavy (non-hydrogen) atoms. The summed E-state index contributed by atoms with van der Waals surface area (Å²) in [6, 6.07) is 5.75. The Hall–Kier alpha value is -2.62. The number of non-ortho nitro benzene ring substituents is 1. The van der Waals surface area contributed by atoms with Crippen LogP contribution < -0.4 is 10.6 Å². The van der Waals surface area contributed by atoms with Crippen LogP contribution in [0.2, 0.25) is 0 Å². The quantitative estimate of drug-likeness (QED) is 0.616. The number of nitrogens with one attached hydrogen (secondary N) is 2. The molecular formula is C12H14N4O3. The van der Waals surface area contributed by atoms with Crippen molar-refractivity contribution in [3.8, 4) is 6.07 Å². The topological polar surface area (TPSA) is 108 Å². The third-order valence-corrected chi connectivity index (χ3v) is 2.22. The first kappa shape index (κ1) is 14.4. The maximum atomic E-state index is 11.4. The van der Waals surface area contributed by atoms with E-state index in [1.807, 2.05) is 19.9 Å². The number of nitriles is 1. The van der Waals surface area contributed by atoms with Gasteiger partial charge in [0.05, 0.1) is 22.7 Å². The second-order valence-corrected chi connectivity index (χ2v) is 4.17. The Morgan fingerprint density at radius 2 is 2.21 bits per heavy atom. The van der Waals surface area contributed by atoms with Gasteiger partial charge in [-0.2, -0.15) is 5.26 Å². The number of anilines is 1. The zero-order valence-corrected chi connectivity index (χ0v) is 10.6. The van der Waals surface area contributed by atoms with E-state index in [-0.39, 0.29) is 29.7 Å². The molecule has 0 bridgehead atoms. The molecular weight excluding hydrogens is 248 g/mol. The van der Waals surface area contributed by atoms with Gasteiger partial charge in [0.1, 0.15) is 6.07 Å². The van der Waals surface area contributed by atoms with Gasteiger partial charge in [-0.1, -0.05) is 0 Å². The lowest BCUT2D eigenvalue weighted by Gasteiger charge is -2.10. The number of hydrogen-bond acceptors (Lipinski definition) is 5. The lowest BCUT2D eigenvalue weighted by atomic mass is 10.1. The molecule has 1 aromatic rings. The molecule has 0 fully saturated rings. The molecule has 1 aromatic carbocycles. The Balaban J connectivity index is 2.77. The van der Waals surface area contributed by atoms with Crippen LogP contribution in [0.25, 0.3) is 0 Å². The number of nitro groups is 1. The minimum absolute atomic E-state index is 0.00463. The molecule has 0 heterocycles. The van der Waals surface area contributed by atoms with Crippen LogP contribution in [0.3, 0.4) is 0 Å². The maximum Gasteiger partial charge on any atom is 0.270 e. The highest BCUT2D eigenvalue weighted by Gasteiger charge is 2.11. The van der Waals surface area contributed by atoms with Crippen LogP contribution in [0, 0.1) is 21.4 Å². The van der Waals surface area contributed by atoms with Crippen LogP contribution in [0.4, 0.5) is 11.4 Å². The van der Waals surface area contributed by atoms with Crippen molar-refractivity contribution < 1.29 is 9.72 Å². The minimum Gasteiger partial charge on any atom is -0.375 e. The van der Waals surface area contributed by atoms with E-state index < -0.39 is 4.92 Å². The normalized spacial score (nSPS) is 9.79. The van der Waals surface area contributed by atoms with Gasteiger partial charge in [-0.05, 0) is 19.9 Å². The molecule has 0 spiro atoms. The van der Waals surface area contributed by atoms with Crippen molar-refractivity contribution in [2.45, 2.75) is 19.9 Å². The minimum atomic E-state index is -0.573. The molecule has 0 aliphatic heterocycles. The van der Waals surface area contributed by atoms with Gasteiger partial charge in [0.15, 0.2) is 0 Å². The van der Waals surface area contributed by atoms with Crippen LogP contribution in [-0.2, 0) is 4.79 Å². The van der Waals surface area contributed by atoms with Gasteiger partial charge in [0, 0.05) is 18.2 Å². The highest BCUT2D eigenvalue weighted by atomic mass is 16.6. The Morgan fingerprint density at radius 3 is 2.74 bits per heavy atom. The summed E-state index contributed by atoms with van der Waals surface area (Å²) in [7, 11) is 0. The smallest absolute Gasteiger partial charge is 0.270 e. The Bertz CT molecular complexity index is 534. The number of carbonyl (C=O) groups excluding carboxylic acids is 1. The Labute approximate surface area is 110 Å². The first-order chi connectivity index (χ1) is 8.93. The predicted molar refractivity (Wildman–Crippen MR) is 69.6 cm³/mol. The summed E-state index contributed by atoms with van der Waals surface area (Å²) in [5, 5.41) is 25.0. The van der Waals surface area contributed by atoms with Crippen LogP contribution in [0.15, 0.2) is 18.2 Å². The molecule has 0 saturated carbocycles. The monoisotopic (exact) mass is 262 g/mol. The van der Waals surface area contributed by atoms with Crippen molar-refractivity contribution >= 4 is 17.3 Å². The molecule has 0 aliphatic rings. The van der Waals surface area contributed by atoms with E-state index in [1.165, 1.54) is 18.2 Å². The first-order valence-electron chi connectivity index (χ1n) is 5.66. The first-order valence-corrected chi connectivity index (χ1v) is 5.66. The van der Waals surface area contributed by atoms with Crippen LogP contribution in [-0.4, -0.2) is 23.4 Å². The summed E-state index contributed by atoms with van der Waals surface area (Å²) in [6.45, 7) is 3.68. The molecule has 7 nitrogen and oxygen atoms in total. The van der Waals surface area contributed by atoms with Gasteiger partial charge < -0.3 is 10.6 Å². The highest BCUT2D eigenvalue weighted by molar-refractivity contribution is 5.81. The molecule has 0 aliphatic carbocycles. The molecule has 1 rings (SSSR count). The van der Waals surface area contributed by atoms with Crippen molar-refractivity contribution in [1.29, 1.82) is 5.26 Å². The lowest BCUT2D eigenvalue weighted by molar-refractivity contribution is -0.384. The van der Waals surface area contributed by atoms with Gasteiger partial charge in [0.25, 0.3) is 5.69 Å². The standard InChI is InChI=1S/C12H14N4O3/c1-8(2)15-12(17)7-14-11-4-3-10(16(18)19)5-9(11)6-13/h3-5,8,14H,7H2,1-2H3,(H,15,17). The molecule has 0 unspecified atom stereocenters. The molecule has 1 amide bonds. The third-order valence-electron chi connectivity index (χ3n) is 2.22. The second-order valence-electron chi connectivity index (χ2n) is 4.17. The molecule has 0 saturated heterocycles.